The monoisotopic (exact) mass is 807 g/mol. The summed E-state index contributed by atoms with van der Waals surface area (Å²) in [7, 11) is 0. The highest BCUT2D eigenvalue weighted by Crippen LogP contribution is 2.52. The lowest BCUT2D eigenvalue weighted by atomic mass is 10.1. The van der Waals surface area contributed by atoms with Crippen molar-refractivity contribution >= 4 is 52.5 Å². The summed E-state index contributed by atoms with van der Waals surface area (Å²) in [6, 6.07) is 3.12. The fraction of sp³-hybridized carbons (Fsp3) is 0.595. The molecular formula is C42H54ClN5O9. The molecule has 3 N–H and O–H groups in total. The van der Waals surface area contributed by atoms with Crippen LogP contribution in [0.5, 0.6) is 11.5 Å². The minimum absolute atomic E-state index is 0.0288. The number of amides is 3. The number of aromatic nitrogens is 1. The van der Waals surface area contributed by atoms with Gasteiger partial charge in [-0.05, 0) is 88.0 Å². The Balaban J connectivity index is 1.14. The van der Waals surface area contributed by atoms with Gasteiger partial charge < -0.3 is 39.6 Å². The third-order valence-electron chi connectivity index (χ3n) is 12.0. The molecule has 0 unspecified atom stereocenters. The molecule has 3 amide bonds. The number of halogens is 1. The molecular weight excluding hydrogens is 754 g/mol. The van der Waals surface area contributed by atoms with E-state index in [4.69, 9.17) is 35.5 Å². The Morgan fingerprint density at radius 2 is 1.82 bits per heavy atom. The van der Waals surface area contributed by atoms with Crippen LogP contribution in [0.4, 0.5) is 4.79 Å². The van der Waals surface area contributed by atoms with Crippen LogP contribution in [-0.4, -0.2) is 120 Å². The Labute approximate surface area is 338 Å². The lowest BCUT2D eigenvalue weighted by molar-refractivity contribution is -0.145. The number of hydrogen-bond donors (Lipinski definition) is 3. The molecule has 0 spiro atoms. The van der Waals surface area contributed by atoms with Gasteiger partial charge in [0.1, 0.15) is 53.0 Å². The molecule has 0 radical (unpaired) electrons. The molecule has 1 aromatic heterocycles. The Morgan fingerprint density at radius 1 is 1.09 bits per heavy atom. The predicted octanol–water partition coefficient (Wildman–Crippen LogP) is 5.21. The van der Waals surface area contributed by atoms with Crippen LogP contribution in [0.25, 0.3) is 17.0 Å². The van der Waals surface area contributed by atoms with Crippen LogP contribution in [-0.2, 0) is 23.9 Å². The summed E-state index contributed by atoms with van der Waals surface area (Å²) in [5, 5.41) is 16.5. The van der Waals surface area contributed by atoms with Gasteiger partial charge in [-0.15, -0.1) is 0 Å². The van der Waals surface area contributed by atoms with E-state index in [2.05, 4.69) is 22.1 Å². The summed E-state index contributed by atoms with van der Waals surface area (Å²) < 4.78 is 23.9. The van der Waals surface area contributed by atoms with Gasteiger partial charge in [-0.3, -0.25) is 14.5 Å². The number of morpholine rings is 1. The van der Waals surface area contributed by atoms with E-state index in [1.54, 1.807) is 19.1 Å². The number of likely N-dealkylation sites (tertiary alicyclic amines) is 1. The van der Waals surface area contributed by atoms with Crippen molar-refractivity contribution in [3.8, 4) is 11.5 Å². The number of benzene rings is 1. The van der Waals surface area contributed by atoms with E-state index < -0.39 is 47.6 Å². The summed E-state index contributed by atoms with van der Waals surface area (Å²) in [6.45, 7) is 15.6. The molecule has 7 rings (SSSR count). The molecule has 5 fully saturated rings. The second-order valence-electron chi connectivity index (χ2n) is 16.6. The molecule has 57 heavy (non-hydrogen) atoms. The number of rotatable bonds is 15. The number of nitrogens with one attached hydrogen (secondary N) is 2. The van der Waals surface area contributed by atoms with Gasteiger partial charge >= 0.3 is 12.1 Å². The zero-order valence-corrected chi connectivity index (χ0v) is 33.9. The van der Waals surface area contributed by atoms with Crippen LogP contribution in [0.3, 0.4) is 0 Å². The number of hydrogen-bond acceptors (Lipinski definition) is 10. The zero-order valence-electron chi connectivity index (χ0n) is 33.2. The maximum atomic E-state index is 14.4. The number of carboxylic acids is 1. The van der Waals surface area contributed by atoms with E-state index in [1.165, 1.54) is 11.3 Å². The maximum Gasteiger partial charge on any atom is 0.408 e. The third kappa shape index (κ3) is 9.02. The summed E-state index contributed by atoms with van der Waals surface area (Å²) in [6.07, 6.45) is 4.00. The van der Waals surface area contributed by atoms with Crippen molar-refractivity contribution in [3.63, 3.8) is 0 Å². The molecule has 5 aliphatic rings. The second kappa shape index (κ2) is 16.8. The largest absolute Gasteiger partial charge is 0.491 e. The van der Waals surface area contributed by atoms with E-state index in [0.717, 1.165) is 38.0 Å². The molecule has 2 saturated heterocycles. The number of pyridine rings is 1. The van der Waals surface area contributed by atoms with Crippen molar-refractivity contribution in [1.29, 1.82) is 0 Å². The molecule has 15 heteroatoms. The van der Waals surface area contributed by atoms with Crippen LogP contribution >= 0.6 is 11.6 Å². The molecule has 8 atom stereocenters. The van der Waals surface area contributed by atoms with Gasteiger partial charge in [-0.2, -0.15) is 0 Å². The minimum Gasteiger partial charge on any atom is -0.491 e. The van der Waals surface area contributed by atoms with Crippen LogP contribution < -0.4 is 20.1 Å². The number of allylic oxidation sites excluding steroid dienone is 1. The first-order valence-corrected chi connectivity index (χ1v) is 20.5. The highest BCUT2D eigenvalue weighted by molar-refractivity contribution is 6.36. The van der Waals surface area contributed by atoms with Gasteiger partial charge in [0.05, 0.1) is 31.0 Å². The fourth-order valence-corrected chi connectivity index (χ4v) is 8.95. The minimum atomic E-state index is -1.41. The van der Waals surface area contributed by atoms with Gasteiger partial charge in [0, 0.05) is 37.5 Å². The van der Waals surface area contributed by atoms with E-state index in [-0.39, 0.29) is 25.0 Å². The highest BCUT2D eigenvalue weighted by atomic mass is 35.5. The van der Waals surface area contributed by atoms with Gasteiger partial charge in [0.15, 0.2) is 0 Å². The van der Waals surface area contributed by atoms with Crippen molar-refractivity contribution in [2.24, 2.45) is 17.8 Å². The number of alkyl carbamates (subject to hydrolysis) is 1. The summed E-state index contributed by atoms with van der Waals surface area (Å²) in [4.78, 5) is 62.5. The third-order valence-corrected chi connectivity index (χ3v) is 12.4. The first-order valence-electron chi connectivity index (χ1n) is 20.1. The molecule has 3 heterocycles. The SMILES string of the molecule is C=C(C)[C@H](NC(=O)O[C@@H]1C[C@@H]2C[C@@H]2C1)C(=O)N1C[C@H](Oc2cc(C=C(C)C)nc3c(Cl)c(OCCN4CCOCC4)ccc23)C[C@H]1C(=O)N[C@]1(C(=O)O)C[C@H]1CC. The van der Waals surface area contributed by atoms with E-state index in [1.807, 2.05) is 32.9 Å². The number of ether oxygens (including phenoxy) is 4. The average Bonchev–Trinajstić information content (AvgIpc) is 3.98. The number of carboxylic acid groups (broad SMARTS) is 1. The van der Waals surface area contributed by atoms with Gasteiger partial charge in [-0.1, -0.05) is 37.1 Å². The summed E-state index contributed by atoms with van der Waals surface area (Å²) in [5.74, 6) is -0.393. The van der Waals surface area contributed by atoms with Crippen molar-refractivity contribution in [2.75, 3.05) is 46.0 Å². The Bertz CT molecular complexity index is 1940. The summed E-state index contributed by atoms with van der Waals surface area (Å²) >= 11 is 6.97. The second-order valence-corrected chi connectivity index (χ2v) is 17.0. The molecule has 3 saturated carbocycles. The van der Waals surface area contributed by atoms with Gasteiger partial charge in [-0.25, -0.2) is 14.6 Å². The standard InChI is InChI=1S/C42H54ClN5O9/c1-6-27-21-42(27,40(51)52)46-38(49)32-20-30(22-48(32)39(50)36(24(4)5)45-41(53)57-29-17-25-16-26(25)18-29)56-34-19-28(15-23(2)3)44-37-31(34)7-8-33(35(37)43)55-14-11-47-9-12-54-13-10-47/h7-8,15,19,25-27,29-30,32,36H,4,6,9-14,16-18,20-22H2,1-3,5H3,(H,45,53)(H,46,49)(H,51,52)/t25-,26+,27-,29+,30-,32+,36+,42-/m1/s1. The lowest BCUT2D eigenvalue weighted by Gasteiger charge is -2.29. The zero-order chi connectivity index (χ0) is 40.6. The molecule has 0 bridgehead atoms. The fourth-order valence-electron chi connectivity index (χ4n) is 8.68. The highest BCUT2D eigenvalue weighted by Gasteiger charge is 2.61. The molecule has 14 nitrogen and oxygen atoms in total. The smallest absolute Gasteiger partial charge is 0.408 e. The van der Waals surface area contributed by atoms with E-state index >= 15 is 0 Å². The maximum absolute atomic E-state index is 14.4. The Morgan fingerprint density at radius 3 is 2.47 bits per heavy atom. The normalized spacial score (nSPS) is 28.2. The molecule has 308 valence electrons. The van der Waals surface area contributed by atoms with E-state index in [9.17, 15) is 24.3 Å². The van der Waals surface area contributed by atoms with Crippen LogP contribution in [0.15, 0.2) is 35.9 Å². The molecule has 2 aliphatic heterocycles. The van der Waals surface area contributed by atoms with Gasteiger partial charge in [0.2, 0.25) is 11.8 Å². The molecule has 1 aromatic carbocycles. The van der Waals surface area contributed by atoms with Crippen molar-refractivity contribution < 1.29 is 43.2 Å². The number of fused-ring (bicyclic) bond motifs is 2. The lowest BCUT2D eigenvalue weighted by Crippen LogP contribution is -2.56. The van der Waals surface area contributed by atoms with Crippen LogP contribution in [0.2, 0.25) is 5.02 Å². The number of carbonyl (C=O) groups is 4. The number of aliphatic carboxylic acids is 1. The van der Waals surface area contributed by atoms with Gasteiger partial charge in [0.25, 0.3) is 0 Å². The van der Waals surface area contributed by atoms with Crippen molar-refractivity contribution in [2.45, 2.75) is 96.1 Å². The first-order chi connectivity index (χ1) is 27.3. The van der Waals surface area contributed by atoms with Crippen LogP contribution in [0.1, 0.15) is 71.9 Å². The number of carbonyl (C=O) groups excluding carboxylic acids is 3. The van der Waals surface area contributed by atoms with Crippen LogP contribution in [0, 0.1) is 17.8 Å². The first kappa shape index (κ1) is 40.8. The van der Waals surface area contributed by atoms with E-state index in [0.29, 0.717) is 83.2 Å². The Hall–Kier alpha value is -4.40. The topological polar surface area (TPSA) is 169 Å². The van der Waals surface area contributed by atoms with Crippen molar-refractivity contribution in [1.82, 2.24) is 25.4 Å². The molecule has 2 aromatic rings. The van der Waals surface area contributed by atoms with Crippen molar-refractivity contribution in [3.05, 3.63) is 46.6 Å². The average molecular weight is 808 g/mol. The predicted molar refractivity (Wildman–Crippen MR) is 213 cm³/mol. The Kier molecular flexibility index (Phi) is 12.0. The number of nitrogens with zero attached hydrogens (tertiary/aromatic N) is 3. The quantitative estimate of drug-likeness (QED) is 0.202. The summed E-state index contributed by atoms with van der Waals surface area (Å²) in [5.41, 5.74) is 1.01. The molecule has 3 aliphatic carbocycles.